The molecule has 1 aromatic heterocycles. The zero-order valence-corrected chi connectivity index (χ0v) is 12.6. The van der Waals surface area contributed by atoms with Gasteiger partial charge < -0.3 is 15.4 Å². The zero-order valence-electron chi connectivity index (χ0n) is 11.8. The summed E-state index contributed by atoms with van der Waals surface area (Å²) in [5.41, 5.74) is 6.92. The third-order valence-electron chi connectivity index (χ3n) is 3.25. The van der Waals surface area contributed by atoms with Crippen molar-refractivity contribution in [2.75, 3.05) is 6.54 Å². The summed E-state index contributed by atoms with van der Waals surface area (Å²) in [4.78, 5) is 14.0. The molecule has 0 aliphatic carbocycles. The third-order valence-corrected chi connectivity index (χ3v) is 3.98. The number of likely N-dealkylation sites (tertiary alicyclic amines) is 1. The van der Waals surface area contributed by atoms with Crippen LogP contribution in [0, 0.1) is 0 Å². The molecule has 5 heteroatoms. The minimum atomic E-state index is -0.462. The first-order valence-electron chi connectivity index (χ1n) is 6.63. The lowest BCUT2D eigenvalue weighted by Crippen LogP contribution is -2.45. The molecule has 2 rings (SSSR count). The van der Waals surface area contributed by atoms with E-state index in [1.54, 1.807) is 16.2 Å². The number of ether oxygens (including phenoxy) is 1. The Bertz CT molecular complexity index is 425. The van der Waals surface area contributed by atoms with Crippen molar-refractivity contribution in [3.8, 4) is 0 Å². The fourth-order valence-corrected chi connectivity index (χ4v) is 3.02. The highest BCUT2D eigenvalue weighted by Crippen LogP contribution is 2.24. The second-order valence-electron chi connectivity index (χ2n) is 6.03. The summed E-state index contributed by atoms with van der Waals surface area (Å²) < 4.78 is 5.45. The van der Waals surface area contributed by atoms with Crippen LogP contribution in [0.5, 0.6) is 0 Å². The van der Waals surface area contributed by atoms with Crippen LogP contribution in [0.25, 0.3) is 0 Å². The Morgan fingerprint density at radius 3 is 2.89 bits per heavy atom. The molecule has 1 aliphatic rings. The van der Waals surface area contributed by atoms with Crippen LogP contribution >= 0.6 is 11.3 Å². The summed E-state index contributed by atoms with van der Waals surface area (Å²) in [6.45, 7) is 6.34. The van der Waals surface area contributed by atoms with E-state index in [0.717, 1.165) is 12.8 Å². The van der Waals surface area contributed by atoms with Crippen LogP contribution in [0.4, 0.5) is 4.79 Å². The number of hydrogen-bond acceptors (Lipinski definition) is 4. The van der Waals surface area contributed by atoms with E-state index in [0.29, 0.717) is 6.54 Å². The van der Waals surface area contributed by atoms with E-state index in [9.17, 15) is 4.79 Å². The topological polar surface area (TPSA) is 55.6 Å². The van der Waals surface area contributed by atoms with E-state index >= 15 is 0 Å². The Hall–Kier alpha value is -1.07. The van der Waals surface area contributed by atoms with E-state index < -0.39 is 5.60 Å². The van der Waals surface area contributed by atoms with Crippen molar-refractivity contribution in [3.05, 3.63) is 22.4 Å². The quantitative estimate of drug-likeness (QED) is 0.907. The molecule has 0 spiro atoms. The van der Waals surface area contributed by atoms with Gasteiger partial charge in [-0.05, 0) is 56.0 Å². The van der Waals surface area contributed by atoms with Crippen molar-refractivity contribution in [2.24, 2.45) is 5.73 Å². The number of amides is 1. The van der Waals surface area contributed by atoms with Crippen LogP contribution in [-0.4, -0.2) is 35.2 Å². The van der Waals surface area contributed by atoms with Gasteiger partial charge in [-0.25, -0.2) is 4.79 Å². The van der Waals surface area contributed by atoms with Gasteiger partial charge in [-0.15, -0.1) is 0 Å². The van der Waals surface area contributed by atoms with Crippen molar-refractivity contribution < 1.29 is 9.53 Å². The summed E-state index contributed by atoms with van der Waals surface area (Å²) in [7, 11) is 0. The third kappa shape index (κ3) is 3.70. The molecule has 2 N–H and O–H groups in total. The molecule has 0 aromatic carbocycles. The normalized spacial score (nSPS) is 23.7. The predicted molar refractivity (Wildman–Crippen MR) is 77.3 cm³/mol. The summed E-state index contributed by atoms with van der Waals surface area (Å²) in [5.74, 6) is 0. The maximum Gasteiger partial charge on any atom is 0.410 e. The maximum absolute atomic E-state index is 12.2. The van der Waals surface area contributed by atoms with Gasteiger partial charge in [0.15, 0.2) is 0 Å². The molecule has 2 heterocycles. The first kappa shape index (κ1) is 14.3. The molecule has 0 unspecified atom stereocenters. The highest BCUT2D eigenvalue weighted by Gasteiger charge is 2.37. The van der Waals surface area contributed by atoms with Crippen molar-refractivity contribution >= 4 is 17.4 Å². The fraction of sp³-hybridized carbons (Fsp3) is 0.643. The number of rotatable bonds is 2. The average Bonchev–Trinajstić information content (AvgIpc) is 2.88. The van der Waals surface area contributed by atoms with Crippen LogP contribution in [-0.2, 0) is 11.2 Å². The number of hydrogen-bond donors (Lipinski definition) is 1. The number of carbonyl (C=O) groups excluding carboxylic acids is 1. The van der Waals surface area contributed by atoms with Crippen LogP contribution < -0.4 is 5.73 Å². The van der Waals surface area contributed by atoms with Gasteiger partial charge in [0.05, 0.1) is 6.04 Å². The summed E-state index contributed by atoms with van der Waals surface area (Å²) in [6, 6.07) is 2.17. The van der Waals surface area contributed by atoms with Gasteiger partial charge in [0, 0.05) is 12.6 Å². The van der Waals surface area contributed by atoms with Gasteiger partial charge in [-0.3, -0.25) is 0 Å². The van der Waals surface area contributed by atoms with Gasteiger partial charge in [0.2, 0.25) is 0 Å². The highest BCUT2D eigenvalue weighted by molar-refractivity contribution is 7.07. The first-order chi connectivity index (χ1) is 8.87. The lowest BCUT2D eigenvalue weighted by Gasteiger charge is -2.29. The van der Waals surface area contributed by atoms with E-state index in [2.05, 4.69) is 11.4 Å². The van der Waals surface area contributed by atoms with Crippen LogP contribution in [0.1, 0.15) is 32.8 Å². The minimum absolute atomic E-state index is 0.0346. The fourth-order valence-electron chi connectivity index (χ4n) is 2.34. The second kappa shape index (κ2) is 5.51. The molecule has 1 saturated heterocycles. The zero-order chi connectivity index (χ0) is 14.0. The van der Waals surface area contributed by atoms with Gasteiger partial charge in [0.25, 0.3) is 0 Å². The molecule has 0 radical (unpaired) electrons. The minimum Gasteiger partial charge on any atom is -0.444 e. The average molecular weight is 282 g/mol. The predicted octanol–water partition coefficient (Wildman–Crippen LogP) is 2.63. The van der Waals surface area contributed by atoms with Crippen LogP contribution in [0.3, 0.4) is 0 Å². The monoisotopic (exact) mass is 282 g/mol. The van der Waals surface area contributed by atoms with Crippen LogP contribution in [0.15, 0.2) is 16.8 Å². The van der Waals surface area contributed by atoms with Crippen molar-refractivity contribution in [1.82, 2.24) is 4.90 Å². The Morgan fingerprint density at radius 1 is 1.58 bits per heavy atom. The van der Waals surface area contributed by atoms with Crippen molar-refractivity contribution in [2.45, 2.75) is 51.3 Å². The molecule has 2 atom stereocenters. The lowest BCUT2D eigenvalue weighted by atomic mass is 10.0. The summed E-state index contributed by atoms with van der Waals surface area (Å²) in [5, 5.41) is 4.16. The molecular weight excluding hydrogens is 260 g/mol. The molecule has 4 nitrogen and oxygen atoms in total. The molecule has 19 heavy (non-hydrogen) atoms. The highest BCUT2D eigenvalue weighted by atomic mass is 32.1. The van der Waals surface area contributed by atoms with Gasteiger partial charge in [-0.1, -0.05) is 0 Å². The number of nitrogens with zero attached hydrogens (tertiary/aromatic N) is 1. The Balaban J connectivity index is 2.04. The largest absolute Gasteiger partial charge is 0.444 e. The number of nitrogens with two attached hydrogens (primary N) is 1. The van der Waals surface area contributed by atoms with E-state index in [1.807, 2.05) is 26.2 Å². The molecule has 1 aliphatic heterocycles. The molecule has 1 fully saturated rings. The molecular formula is C14H22N2O2S. The van der Waals surface area contributed by atoms with Gasteiger partial charge >= 0.3 is 6.09 Å². The van der Waals surface area contributed by atoms with Gasteiger partial charge in [0.1, 0.15) is 5.60 Å². The van der Waals surface area contributed by atoms with Crippen LogP contribution in [0.2, 0.25) is 0 Å². The number of thiophene rings is 1. The molecule has 1 amide bonds. The molecule has 1 aromatic rings. The summed E-state index contributed by atoms with van der Waals surface area (Å²) in [6.07, 6.45) is 1.40. The SMILES string of the molecule is CC(C)(C)OC(=O)N1CC[C@@H](N)[C@@H]1Cc1ccsc1. The van der Waals surface area contributed by atoms with Crippen molar-refractivity contribution in [3.63, 3.8) is 0 Å². The first-order valence-corrected chi connectivity index (χ1v) is 7.57. The molecule has 0 bridgehead atoms. The Morgan fingerprint density at radius 2 is 2.32 bits per heavy atom. The van der Waals surface area contributed by atoms with Crippen molar-refractivity contribution in [1.29, 1.82) is 0 Å². The Labute approximate surface area is 118 Å². The summed E-state index contributed by atoms with van der Waals surface area (Å²) >= 11 is 1.67. The maximum atomic E-state index is 12.2. The smallest absolute Gasteiger partial charge is 0.410 e. The molecule has 106 valence electrons. The lowest BCUT2D eigenvalue weighted by molar-refractivity contribution is 0.0221. The van der Waals surface area contributed by atoms with Gasteiger partial charge in [-0.2, -0.15) is 11.3 Å². The van der Waals surface area contributed by atoms with E-state index in [1.165, 1.54) is 5.56 Å². The second-order valence-corrected chi connectivity index (χ2v) is 6.81. The van der Waals surface area contributed by atoms with E-state index in [-0.39, 0.29) is 18.2 Å². The molecule has 0 saturated carbocycles. The van der Waals surface area contributed by atoms with E-state index in [4.69, 9.17) is 10.5 Å². The number of carbonyl (C=O) groups is 1. The Kier molecular flexibility index (Phi) is 4.16. The standard InChI is InChI=1S/C14H22N2O2S/c1-14(2,3)18-13(17)16-6-4-11(15)12(16)8-10-5-7-19-9-10/h5,7,9,11-12H,4,6,8,15H2,1-3H3/t11-,12+/m1/s1.